The van der Waals surface area contributed by atoms with Gasteiger partial charge in [0.25, 0.3) is 5.91 Å². The van der Waals surface area contributed by atoms with E-state index in [9.17, 15) is 14.4 Å². The highest BCUT2D eigenvalue weighted by molar-refractivity contribution is 6.09. The van der Waals surface area contributed by atoms with Crippen LogP contribution in [0.5, 0.6) is 0 Å². The van der Waals surface area contributed by atoms with E-state index < -0.39 is 11.6 Å². The molecule has 2 unspecified atom stereocenters. The third-order valence-corrected chi connectivity index (χ3v) is 5.55. The first kappa shape index (κ1) is 16.2. The summed E-state index contributed by atoms with van der Waals surface area (Å²) in [5.74, 6) is -0.0972. The summed E-state index contributed by atoms with van der Waals surface area (Å²) in [5.41, 5.74) is 5.21. The average Bonchev–Trinajstić information content (AvgIpc) is 3.08. The van der Waals surface area contributed by atoms with Gasteiger partial charge in [0, 0.05) is 19.1 Å². The second-order valence-corrected chi connectivity index (χ2v) is 7.21. The van der Waals surface area contributed by atoms with Gasteiger partial charge in [-0.05, 0) is 38.5 Å². The van der Waals surface area contributed by atoms with Gasteiger partial charge in [-0.2, -0.15) is 0 Å². The largest absolute Gasteiger partial charge is 0.341 e. The van der Waals surface area contributed by atoms with E-state index in [1.807, 2.05) is 6.92 Å². The second-order valence-electron chi connectivity index (χ2n) is 7.21. The molecule has 3 aliphatic rings. The Hall–Kier alpha value is -1.63. The number of piperidine rings is 1. The van der Waals surface area contributed by atoms with E-state index >= 15 is 0 Å². The molecule has 1 spiro atoms. The number of rotatable bonds is 3. The molecule has 0 radical (unpaired) electrons. The number of nitrogens with zero attached hydrogens (tertiary/aromatic N) is 2. The summed E-state index contributed by atoms with van der Waals surface area (Å²) in [6.07, 6.45) is 5.18. The number of carbonyl (C=O) groups excluding carboxylic acids is 3. The van der Waals surface area contributed by atoms with Crippen molar-refractivity contribution in [2.45, 2.75) is 57.0 Å². The topological polar surface area (TPSA) is 95.7 Å². The Labute approximate surface area is 136 Å². The summed E-state index contributed by atoms with van der Waals surface area (Å²) in [5, 5.41) is 2.81. The van der Waals surface area contributed by atoms with Crippen molar-refractivity contribution >= 4 is 17.8 Å². The van der Waals surface area contributed by atoms with E-state index in [2.05, 4.69) is 5.32 Å². The normalized spacial score (nSPS) is 28.3. The van der Waals surface area contributed by atoms with Crippen LogP contribution in [0.25, 0.3) is 0 Å². The van der Waals surface area contributed by atoms with Crippen molar-refractivity contribution in [2.24, 2.45) is 11.7 Å². The monoisotopic (exact) mass is 322 g/mol. The molecule has 7 heteroatoms. The van der Waals surface area contributed by atoms with Crippen molar-refractivity contribution in [3.05, 3.63) is 0 Å². The Morgan fingerprint density at radius 3 is 2.70 bits per heavy atom. The molecule has 0 aromatic carbocycles. The molecule has 1 saturated carbocycles. The van der Waals surface area contributed by atoms with Gasteiger partial charge in [0.15, 0.2) is 0 Å². The van der Waals surface area contributed by atoms with E-state index in [0.717, 1.165) is 30.6 Å². The minimum Gasteiger partial charge on any atom is -0.341 e. The first-order chi connectivity index (χ1) is 10.9. The van der Waals surface area contributed by atoms with Gasteiger partial charge < -0.3 is 16.0 Å². The van der Waals surface area contributed by atoms with Crippen molar-refractivity contribution in [2.75, 3.05) is 19.6 Å². The number of urea groups is 1. The van der Waals surface area contributed by atoms with Crippen LogP contribution in [0.4, 0.5) is 4.79 Å². The summed E-state index contributed by atoms with van der Waals surface area (Å²) >= 11 is 0. The molecule has 0 aromatic heterocycles. The van der Waals surface area contributed by atoms with Crippen molar-refractivity contribution in [3.8, 4) is 0 Å². The second kappa shape index (κ2) is 6.11. The Bertz CT molecular complexity index is 513. The first-order valence-electron chi connectivity index (χ1n) is 8.60. The lowest BCUT2D eigenvalue weighted by molar-refractivity contribution is -0.140. The summed E-state index contributed by atoms with van der Waals surface area (Å²) in [4.78, 5) is 40.1. The molecular weight excluding hydrogens is 296 g/mol. The molecule has 2 aliphatic heterocycles. The first-order valence-corrected chi connectivity index (χ1v) is 8.60. The van der Waals surface area contributed by atoms with E-state index in [0.29, 0.717) is 25.9 Å². The van der Waals surface area contributed by atoms with E-state index in [4.69, 9.17) is 5.73 Å². The lowest BCUT2D eigenvalue weighted by atomic mass is 9.92. The van der Waals surface area contributed by atoms with E-state index in [1.165, 1.54) is 0 Å². The van der Waals surface area contributed by atoms with Crippen molar-refractivity contribution in [1.82, 2.24) is 15.1 Å². The van der Waals surface area contributed by atoms with Crippen LogP contribution in [0.3, 0.4) is 0 Å². The van der Waals surface area contributed by atoms with Crippen molar-refractivity contribution < 1.29 is 14.4 Å². The third kappa shape index (κ3) is 2.94. The Balaban J connectivity index is 1.63. The Morgan fingerprint density at radius 1 is 1.35 bits per heavy atom. The van der Waals surface area contributed by atoms with Crippen LogP contribution in [0.15, 0.2) is 0 Å². The molecule has 2 atom stereocenters. The summed E-state index contributed by atoms with van der Waals surface area (Å²) in [6.45, 7) is 3.10. The van der Waals surface area contributed by atoms with Gasteiger partial charge in [0.05, 0.1) is 0 Å². The number of imide groups is 1. The molecule has 128 valence electrons. The molecule has 0 bridgehead atoms. The number of carbonyl (C=O) groups is 3. The average molecular weight is 322 g/mol. The summed E-state index contributed by atoms with van der Waals surface area (Å²) < 4.78 is 0. The fourth-order valence-corrected chi connectivity index (χ4v) is 4.04. The molecular formula is C16H26N4O3. The number of nitrogens with one attached hydrogen (secondary N) is 1. The Morgan fingerprint density at radius 2 is 2.04 bits per heavy atom. The minimum atomic E-state index is -0.742. The fourth-order valence-electron chi connectivity index (χ4n) is 4.04. The number of hydrogen-bond acceptors (Lipinski definition) is 4. The SMILES string of the molecule is CC(N)C1CCCN(C(=O)CN2C(=O)NC3(CCCC3)C2=O)C1. The zero-order chi connectivity index (χ0) is 16.6. The van der Waals surface area contributed by atoms with Gasteiger partial charge in [0.1, 0.15) is 12.1 Å². The van der Waals surface area contributed by atoms with Crippen molar-refractivity contribution in [3.63, 3.8) is 0 Å². The molecule has 1 aliphatic carbocycles. The lowest BCUT2D eigenvalue weighted by Crippen LogP contribution is -2.49. The lowest BCUT2D eigenvalue weighted by Gasteiger charge is -2.35. The van der Waals surface area contributed by atoms with Gasteiger partial charge in [-0.3, -0.25) is 14.5 Å². The van der Waals surface area contributed by atoms with Crippen LogP contribution in [0, 0.1) is 5.92 Å². The van der Waals surface area contributed by atoms with Gasteiger partial charge in [0.2, 0.25) is 5.91 Å². The summed E-state index contributed by atoms with van der Waals surface area (Å²) in [6, 6.07) is -0.380. The van der Waals surface area contributed by atoms with Crippen LogP contribution in [-0.2, 0) is 9.59 Å². The van der Waals surface area contributed by atoms with Crippen LogP contribution >= 0.6 is 0 Å². The molecule has 23 heavy (non-hydrogen) atoms. The van der Waals surface area contributed by atoms with Crippen LogP contribution in [0.1, 0.15) is 45.4 Å². The predicted octanol–water partition coefficient (Wildman–Crippen LogP) is 0.437. The minimum absolute atomic E-state index is 0.0454. The number of nitrogens with two attached hydrogens (primary N) is 1. The van der Waals surface area contributed by atoms with E-state index in [1.54, 1.807) is 4.90 Å². The molecule has 3 fully saturated rings. The van der Waals surface area contributed by atoms with Crippen LogP contribution in [-0.4, -0.2) is 58.9 Å². The molecule has 4 amide bonds. The molecule has 3 N–H and O–H groups in total. The molecule has 2 saturated heterocycles. The molecule has 2 heterocycles. The maximum Gasteiger partial charge on any atom is 0.325 e. The number of amides is 4. The predicted molar refractivity (Wildman–Crippen MR) is 84.4 cm³/mol. The number of likely N-dealkylation sites (tertiary alicyclic amines) is 1. The van der Waals surface area contributed by atoms with Gasteiger partial charge in [-0.15, -0.1) is 0 Å². The third-order valence-electron chi connectivity index (χ3n) is 5.55. The maximum absolute atomic E-state index is 12.6. The Kier molecular flexibility index (Phi) is 4.31. The standard InChI is InChI=1S/C16H26N4O3/c1-11(17)12-5-4-8-19(9-12)13(21)10-20-14(22)16(18-15(20)23)6-2-3-7-16/h11-12H,2-10,17H2,1H3,(H,18,23). The highest BCUT2D eigenvalue weighted by Crippen LogP contribution is 2.35. The van der Waals surface area contributed by atoms with E-state index in [-0.39, 0.29) is 30.3 Å². The van der Waals surface area contributed by atoms with Crippen LogP contribution < -0.4 is 11.1 Å². The molecule has 0 aromatic rings. The van der Waals surface area contributed by atoms with Crippen molar-refractivity contribution in [1.29, 1.82) is 0 Å². The van der Waals surface area contributed by atoms with Gasteiger partial charge in [-0.25, -0.2) is 4.79 Å². The fraction of sp³-hybridized carbons (Fsp3) is 0.812. The maximum atomic E-state index is 12.6. The molecule has 3 rings (SSSR count). The highest BCUT2D eigenvalue weighted by Gasteiger charge is 2.52. The zero-order valence-corrected chi connectivity index (χ0v) is 13.7. The molecule has 7 nitrogen and oxygen atoms in total. The van der Waals surface area contributed by atoms with Gasteiger partial charge >= 0.3 is 6.03 Å². The van der Waals surface area contributed by atoms with Crippen LogP contribution in [0.2, 0.25) is 0 Å². The number of hydrogen-bond donors (Lipinski definition) is 2. The highest BCUT2D eigenvalue weighted by atomic mass is 16.2. The summed E-state index contributed by atoms with van der Waals surface area (Å²) in [7, 11) is 0. The van der Waals surface area contributed by atoms with Gasteiger partial charge in [-0.1, -0.05) is 12.8 Å². The smallest absolute Gasteiger partial charge is 0.325 e. The quantitative estimate of drug-likeness (QED) is 0.737. The zero-order valence-electron chi connectivity index (χ0n) is 13.7.